The molecule has 0 aliphatic heterocycles. The lowest BCUT2D eigenvalue weighted by Gasteiger charge is -2.09. The highest BCUT2D eigenvalue weighted by molar-refractivity contribution is 6.37. The molecule has 58 heavy (non-hydrogen) atoms. The van der Waals surface area contributed by atoms with Gasteiger partial charge in [0.25, 0.3) is 0 Å². The summed E-state index contributed by atoms with van der Waals surface area (Å²) in [7, 11) is 0. The second kappa shape index (κ2) is 10.1. The number of rotatable bonds is 2. The molecule has 0 radical (unpaired) electrons. The Morgan fingerprint density at radius 3 is 1.62 bits per heavy atom. The van der Waals surface area contributed by atoms with Gasteiger partial charge < -0.3 is 17.9 Å². The van der Waals surface area contributed by atoms with Gasteiger partial charge in [0.05, 0.1) is 68.9 Å². The van der Waals surface area contributed by atoms with Crippen LogP contribution >= 0.6 is 0 Å². The van der Waals surface area contributed by atoms with Gasteiger partial charge in [-0.15, -0.1) is 0 Å². The van der Waals surface area contributed by atoms with Gasteiger partial charge >= 0.3 is 0 Å². The van der Waals surface area contributed by atoms with Crippen LogP contribution in [-0.2, 0) is 0 Å². The molecule has 6 aromatic heterocycles. The van der Waals surface area contributed by atoms with E-state index in [1.807, 2.05) is 69.8 Å². The van der Waals surface area contributed by atoms with E-state index in [2.05, 4.69) is 69.5 Å². The zero-order chi connectivity index (χ0) is 46.1. The number of aromatic nitrogens is 4. The molecule has 0 fully saturated rings. The summed E-state index contributed by atoms with van der Waals surface area (Å²) in [5, 5.41) is 11.6. The fourth-order valence-corrected chi connectivity index (χ4v) is 10.7. The van der Waals surface area contributed by atoms with E-state index in [9.17, 15) is 0 Å². The molecule has 15 aromatic rings. The molecule has 0 aliphatic rings. The topological polar surface area (TPSA) is 18.7 Å². The molecular weight excluding hydrogens is 705 g/mol. The van der Waals surface area contributed by atoms with Gasteiger partial charge in [0, 0.05) is 76.0 Å². The largest absolute Gasteiger partial charge is 0.309 e. The second-order valence-electron chi connectivity index (χ2n) is 15.3. The van der Waals surface area contributed by atoms with Crippen molar-refractivity contribution in [2.24, 2.45) is 0 Å². The minimum absolute atomic E-state index is 0.0993. The molecule has 6 heterocycles. The van der Waals surface area contributed by atoms with E-state index in [1.54, 1.807) is 0 Å². The lowest BCUT2D eigenvalue weighted by Crippen LogP contribution is -1.93. The minimum atomic E-state index is -0.440. The van der Waals surface area contributed by atoms with Crippen molar-refractivity contribution in [2.75, 3.05) is 0 Å². The average molecular weight is 745 g/mol. The van der Waals surface area contributed by atoms with Crippen molar-refractivity contribution in [3.8, 4) is 11.4 Å². The highest BCUT2D eigenvalue weighted by atomic mass is 15.0. The lowest BCUT2D eigenvalue weighted by atomic mass is 10.0. The lowest BCUT2D eigenvalue weighted by molar-refractivity contribution is 1.18. The van der Waals surface area contributed by atoms with Gasteiger partial charge in [-0.05, 0) is 66.6 Å². The number of fused-ring (bicyclic) bond motifs is 20. The van der Waals surface area contributed by atoms with E-state index in [4.69, 9.17) is 13.7 Å². The Bertz CT molecular complexity index is 4810. The van der Waals surface area contributed by atoms with Crippen LogP contribution < -0.4 is 0 Å². The molecule has 9 aromatic carbocycles. The van der Waals surface area contributed by atoms with Crippen LogP contribution in [0.25, 0.3) is 131 Å². The van der Waals surface area contributed by atoms with Crippen molar-refractivity contribution in [1.29, 1.82) is 0 Å². The molecule has 0 saturated carbocycles. The number of nitrogens with zero attached hydrogens (tertiary/aromatic N) is 4. The maximum Gasteiger partial charge on any atom is 0.0645 e. The minimum Gasteiger partial charge on any atom is -0.309 e. The predicted octanol–water partition coefficient (Wildman–Crippen LogP) is 14.2. The SMILES string of the molecule is [2H]c1c([2H])c([2H])c(-n2c3ccccc3c3c4c5ccccc5n5c6cc7c(cc6c(cc32)c45)c2cccc3c4c5c(ccc4n7c23)c2ccccc2n5-c2c([2H])c([2H])c([2H])c([2H])c2[2H])c([2H])c1[2H]. The smallest absolute Gasteiger partial charge is 0.0645 e. The molecule has 0 amide bonds. The Labute approximate surface area is 343 Å². The summed E-state index contributed by atoms with van der Waals surface area (Å²) in [4.78, 5) is 0. The van der Waals surface area contributed by atoms with Crippen LogP contribution in [0.5, 0.6) is 0 Å². The second-order valence-corrected chi connectivity index (χ2v) is 15.3. The number of benzene rings is 9. The number of para-hydroxylation sites is 6. The van der Waals surface area contributed by atoms with Gasteiger partial charge in [-0.1, -0.05) is 115 Å². The number of hydrogen-bond acceptors (Lipinski definition) is 0. The molecule has 0 saturated heterocycles. The summed E-state index contributed by atoms with van der Waals surface area (Å²) in [5.74, 6) is 0. The normalized spacial score (nSPS) is 15.2. The van der Waals surface area contributed by atoms with Crippen molar-refractivity contribution < 1.29 is 13.7 Å². The average Bonchev–Trinajstić information content (AvgIpc) is 4.19. The van der Waals surface area contributed by atoms with Crippen LogP contribution in [0.15, 0.2) is 182 Å². The monoisotopic (exact) mass is 744 g/mol. The third-order valence-electron chi connectivity index (χ3n) is 12.8. The third kappa shape index (κ3) is 3.30. The van der Waals surface area contributed by atoms with Crippen LogP contribution in [0, 0.1) is 0 Å². The first-order chi connectivity index (χ1) is 33.0. The predicted molar refractivity (Wildman–Crippen MR) is 244 cm³/mol. The van der Waals surface area contributed by atoms with Gasteiger partial charge in [-0.25, -0.2) is 0 Å². The maximum absolute atomic E-state index is 9.13. The summed E-state index contributed by atoms with van der Waals surface area (Å²) in [6.45, 7) is 0. The van der Waals surface area contributed by atoms with E-state index in [-0.39, 0.29) is 35.5 Å². The van der Waals surface area contributed by atoms with Crippen LogP contribution in [0.3, 0.4) is 0 Å². The highest BCUT2D eigenvalue weighted by Crippen LogP contribution is 2.50. The third-order valence-corrected chi connectivity index (χ3v) is 12.8. The Kier molecular flexibility index (Phi) is 3.85. The highest BCUT2D eigenvalue weighted by Gasteiger charge is 2.27. The summed E-state index contributed by atoms with van der Waals surface area (Å²) in [5.41, 5.74) is 9.10. The Morgan fingerprint density at radius 2 is 0.862 bits per heavy atom. The van der Waals surface area contributed by atoms with E-state index in [1.165, 1.54) is 0 Å². The fourth-order valence-electron chi connectivity index (χ4n) is 10.7. The first-order valence-electron chi connectivity index (χ1n) is 24.3. The van der Waals surface area contributed by atoms with E-state index in [0.29, 0.717) is 0 Å². The van der Waals surface area contributed by atoms with Gasteiger partial charge in [-0.2, -0.15) is 0 Å². The quantitative estimate of drug-likeness (QED) is 0.168. The maximum atomic E-state index is 9.13. The Balaban J connectivity index is 1.13. The van der Waals surface area contributed by atoms with Crippen LogP contribution in [-0.4, -0.2) is 17.9 Å². The zero-order valence-electron chi connectivity index (χ0n) is 40.3. The molecule has 0 unspecified atom stereocenters. The van der Waals surface area contributed by atoms with Crippen LogP contribution in [0.4, 0.5) is 0 Å². The summed E-state index contributed by atoms with van der Waals surface area (Å²) in [6.07, 6.45) is 0. The van der Waals surface area contributed by atoms with Crippen molar-refractivity contribution >= 4 is 120 Å². The van der Waals surface area contributed by atoms with Crippen LogP contribution in [0.2, 0.25) is 0 Å². The molecule has 0 N–H and O–H groups in total. The Hall–Kier alpha value is -7.82. The molecule has 4 nitrogen and oxygen atoms in total. The van der Waals surface area contributed by atoms with Crippen molar-refractivity contribution in [3.63, 3.8) is 0 Å². The first kappa shape index (κ1) is 22.1. The van der Waals surface area contributed by atoms with Crippen molar-refractivity contribution in [1.82, 2.24) is 17.9 Å². The zero-order valence-corrected chi connectivity index (χ0v) is 30.3. The van der Waals surface area contributed by atoms with E-state index in [0.717, 1.165) is 120 Å². The molecule has 0 bridgehead atoms. The van der Waals surface area contributed by atoms with E-state index < -0.39 is 36.3 Å². The molecular formula is C54H30N4. The molecule has 4 heteroatoms. The molecule has 0 atom stereocenters. The fraction of sp³-hybridized carbons (Fsp3) is 0. The molecule has 266 valence electrons. The van der Waals surface area contributed by atoms with Gasteiger partial charge in [0.2, 0.25) is 0 Å². The van der Waals surface area contributed by atoms with Crippen molar-refractivity contribution in [3.05, 3.63) is 182 Å². The molecule has 15 rings (SSSR count). The summed E-state index contributed by atoms with van der Waals surface area (Å²) < 4.78 is 96.3. The Morgan fingerprint density at radius 1 is 0.293 bits per heavy atom. The molecule has 0 spiro atoms. The summed E-state index contributed by atoms with van der Waals surface area (Å²) in [6, 6.07) is 37.7. The summed E-state index contributed by atoms with van der Waals surface area (Å²) >= 11 is 0. The standard InChI is InChI=1S/C54H30N4/c1-3-14-31(15-4-1)55-43-24-11-8-19-36(43)49-48(55)29-41-40-28-39-34-21-13-22-38-50-45(27-26-35-33-18-7-10-23-42(33)56(53(35)50)32-16-5-2-6-17-32)58(52(34)38)46(39)30-47(40)57-44-25-12-9-20-37(44)51(49)54(41)57/h1-30H/i1D,2D,3D,4D,5D,6D,14D,15D,16D,17D. The van der Waals surface area contributed by atoms with Gasteiger partial charge in [-0.3, -0.25) is 0 Å². The number of hydrogen-bond donors (Lipinski definition) is 0. The van der Waals surface area contributed by atoms with Gasteiger partial charge in [0.15, 0.2) is 0 Å². The van der Waals surface area contributed by atoms with Crippen molar-refractivity contribution in [2.45, 2.75) is 0 Å². The van der Waals surface area contributed by atoms with Crippen LogP contribution in [0.1, 0.15) is 13.7 Å². The first-order valence-corrected chi connectivity index (χ1v) is 19.3. The van der Waals surface area contributed by atoms with Gasteiger partial charge in [0.1, 0.15) is 0 Å². The molecule has 0 aliphatic carbocycles. The van der Waals surface area contributed by atoms with E-state index >= 15 is 0 Å².